The Kier molecular flexibility index (Phi) is 12.4. The van der Waals surface area contributed by atoms with Gasteiger partial charge in [-0.1, -0.05) is 19.9 Å². The van der Waals surface area contributed by atoms with Crippen molar-refractivity contribution >= 4 is 46.9 Å². The van der Waals surface area contributed by atoms with Crippen LogP contribution in [0.15, 0.2) is 69.7 Å². The zero-order valence-electron chi connectivity index (χ0n) is 36.4. The molecule has 344 valence electrons. The average Bonchev–Trinajstić information content (AvgIpc) is 3.99. The molecule has 3 heterocycles. The van der Waals surface area contributed by atoms with Crippen LogP contribution >= 0.6 is 11.3 Å². The van der Waals surface area contributed by atoms with E-state index in [4.69, 9.17) is 37.6 Å². The van der Waals surface area contributed by atoms with E-state index < -0.39 is 113 Å². The smallest absolute Gasteiger partial charge is 0.342 e. The maximum absolute atomic E-state index is 15.6. The number of carbonyl (C=O) groups is 6. The van der Waals surface area contributed by atoms with Crippen LogP contribution in [0.1, 0.15) is 86.2 Å². The molecule has 7 rings (SSSR count). The van der Waals surface area contributed by atoms with Crippen molar-refractivity contribution < 1.29 is 81.7 Å². The van der Waals surface area contributed by atoms with Gasteiger partial charge >= 0.3 is 23.9 Å². The Balaban J connectivity index is 1.41. The van der Waals surface area contributed by atoms with Crippen molar-refractivity contribution in [1.29, 1.82) is 0 Å². The number of rotatable bonds is 12. The number of furan rings is 1. The fourth-order valence-corrected chi connectivity index (χ4v) is 11.0. The van der Waals surface area contributed by atoms with Crippen LogP contribution in [0.2, 0.25) is 0 Å². The van der Waals surface area contributed by atoms with Crippen molar-refractivity contribution in [2.45, 2.75) is 108 Å². The first-order valence-corrected chi connectivity index (χ1v) is 21.4. The summed E-state index contributed by atoms with van der Waals surface area (Å²) in [6.45, 7) is 7.77. The Morgan fingerprint density at radius 1 is 0.969 bits per heavy atom. The molecule has 4 N–H and O–H groups in total. The maximum atomic E-state index is 15.6. The molecule has 0 spiro atoms. The topological polar surface area (TPSA) is 253 Å². The minimum atomic E-state index is -2.48. The summed E-state index contributed by atoms with van der Waals surface area (Å²) in [7, 11) is 2.70. The minimum Gasteiger partial charge on any atom is -0.497 e. The van der Waals surface area contributed by atoms with E-state index in [9.17, 15) is 39.3 Å². The second-order valence-electron chi connectivity index (χ2n) is 17.3. The Morgan fingerprint density at radius 2 is 1.70 bits per heavy atom. The van der Waals surface area contributed by atoms with Crippen molar-refractivity contribution in [3.63, 3.8) is 0 Å². The lowest BCUT2D eigenvalue weighted by molar-refractivity contribution is -0.346. The maximum Gasteiger partial charge on any atom is 0.342 e. The van der Waals surface area contributed by atoms with E-state index in [2.05, 4.69) is 5.32 Å². The van der Waals surface area contributed by atoms with Crippen LogP contribution in [-0.2, 0) is 42.9 Å². The predicted octanol–water partition coefficient (Wildman–Crippen LogP) is 3.41. The molecule has 19 heteroatoms. The lowest BCUT2D eigenvalue weighted by atomic mass is 9.44. The van der Waals surface area contributed by atoms with Crippen molar-refractivity contribution in [3.05, 3.63) is 81.5 Å². The monoisotopic (exact) mass is 909 g/mol. The molecule has 4 aliphatic rings. The third kappa shape index (κ3) is 7.45. The van der Waals surface area contributed by atoms with Gasteiger partial charge in [-0.3, -0.25) is 19.2 Å². The SMILES string of the molecule is COc1ccc(OC)c(C(=O)O[C@H]2[C@@H]3[C@]4(OC(C)=O)CO[C@@H]4C[C@H](O)[C@@]3(C)C(=O)[C@H](OC(C)=O)C3=C(C)[C@@H](OC(=O)[C@H](O)[C@@H](NC(=O)c4ccco4)c4cccs4)C[C@]2(O)C3(C)C)c1. The van der Waals surface area contributed by atoms with Crippen LogP contribution in [0.4, 0.5) is 0 Å². The van der Waals surface area contributed by atoms with Gasteiger partial charge in [-0.2, -0.15) is 0 Å². The molecule has 1 aromatic carbocycles. The summed E-state index contributed by atoms with van der Waals surface area (Å²) >= 11 is 1.14. The normalized spacial score (nSPS) is 31.3. The van der Waals surface area contributed by atoms with Crippen LogP contribution < -0.4 is 14.8 Å². The van der Waals surface area contributed by atoms with E-state index in [0.717, 1.165) is 25.2 Å². The van der Waals surface area contributed by atoms with Gasteiger partial charge < -0.3 is 58.2 Å². The first kappa shape index (κ1) is 46.4. The third-order valence-corrected chi connectivity index (χ3v) is 14.5. The molecule has 11 atom stereocenters. The van der Waals surface area contributed by atoms with Gasteiger partial charge in [-0.15, -0.1) is 11.3 Å². The molecule has 1 aliphatic heterocycles. The molecular formula is C45H51NO17S. The molecule has 0 radical (unpaired) electrons. The lowest BCUT2D eigenvalue weighted by Crippen LogP contribution is -2.82. The van der Waals surface area contributed by atoms with Gasteiger partial charge in [0.25, 0.3) is 5.91 Å². The Bertz CT molecular complexity index is 2360. The highest BCUT2D eigenvalue weighted by atomic mass is 32.1. The summed E-state index contributed by atoms with van der Waals surface area (Å²) in [6.07, 6.45) is -9.67. The zero-order valence-corrected chi connectivity index (χ0v) is 37.2. The molecule has 2 aromatic heterocycles. The molecule has 3 aliphatic carbocycles. The summed E-state index contributed by atoms with van der Waals surface area (Å²) in [6, 6.07) is 9.08. The summed E-state index contributed by atoms with van der Waals surface area (Å²) < 4.78 is 46.5. The van der Waals surface area contributed by atoms with Crippen LogP contribution in [0.3, 0.4) is 0 Å². The van der Waals surface area contributed by atoms with Crippen LogP contribution in [0, 0.1) is 16.7 Å². The number of hydrogen-bond donors (Lipinski definition) is 4. The van der Waals surface area contributed by atoms with E-state index in [1.165, 1.54) is 78.5 Å². The highest BCUT2D eigenvalue weighted by Gasteiger charge is 2.78. The molecule has 3 aromatic rings. The van der Waals surface area contributed by atoms with Crippen LogP contribution in [0.5, 0.6) is 11.5 Å². The minimum absolute atomic E-state index is 0.0418. The van der Waals surface area contributed by atoms with E-state index in [0.29, 0.717) is 4.88 Å². The lowest BCUT2D eigenvalue weighted by Gasteiger charge is -2.67. The highest BCUT2D eigenvalue weighted by molar-refractivity contribution is 7.10. The Hall–Kier alpha value is -5.60. The average molecular weight is 910 g/mol. The standard InChI is InChI=1S/C45H51NO17S/c1-21-28(61-41(54)34(50)33(29-12-10-16-64-29)46-39(52)27-11-9-15-58-27)19-45(55)38(62-40(53)25-17-24(56-7)13-14-26(25)57-8)36-43(6,30(49)18-31-44(36,20-59-31)63-23(3)48)37(51)35(60-22(2)47)32(21)42(45,4)5/h9-17,28,30-31,33-36,38,49-50,55H,18-20H2,1-8H3,(H,46,52)/t28-,30-,31+,33-,34+,35+,36-,38-,43+,44-,45+/m0/s1. The zero-order chi connectivity index (χ0) is 46.7. The fraction of sp³-hybridized carbons (Fsp3) is 0.511. The quantitative estimate of drug-likeness (QED) is 0.115. The summed E-state index contributed by atoms with van der Waals surface area (Å²) in [5, 5.41) is 41.9. The molecule has 18 nitrogen and oxygen atoms in total. The molecule has 0 unspecified atom stereocenters. The molecule has 64 heavy (non-hydrogen) atoms. The first-order valence-electron chi connectivity index (χ1n) is 20.5. The second kappa shape index (κ2) is 17.1. The first-order chi connectivity index (χ1) is 30.2. The number of benzene rings is 1. The Labute approximate surface area is 371 Å². The number of nitrogens with one attached hydrogen (secondary N) is 1. The third-order valence-electron chi connectivity index (χ3n) is 13.5. The number of Topliss-reactive ketones (excluding diaryl/α,β-unsaturated/α-hetero) is 1. The molecule has 2 saturated carbocycles. The number of carbonyl (C=O) groups excluding carboxylic acids is 6. The van der Waals surface area contributed by atoms with Gasteiger partial charge in [-0.05, 0) is 66.8 Å². The number of hydrogen-bond acceptors (Lipinski definition) is 18. The molecule has 1 amide bonds. The van der Waals surface area contributed by atoms with Crippen molar-refractivity contribution in [1.82, 2.24) is 5.32 Å². The van der Waals surface area contributed by atoms with Crippen molar-refractivity contribution in [2.75, 3.05) is 20.8 Å². The number of aliphatic hydroxyl groups excluding tert-OH is 2. The van der Waals surface area contributed by atoms with Crippen molar-refractivity contribution in [2.24, 2.45) is 16.7 Å². The van der Waals surface area contributed by atoms with Crippen LogP contribution in [0.25, 0.3) is 0 Å². The van der Waals surface area contributed by atoms with Gasteiger partial charge in [0.05, 0.1) is 44.5 Å². The van der Waals surface area contributed by atoms with Gasteiger partial charge in [0.2, 0.25) is 0 Å². The van der Waals surface area contributed by atoms with Crippen LogP contribution in [-0.4, -0.2) is 120 Å². The van der Waals surface area contributed by atoms with Gasteiger partial charge in [0.1, 0.15) is 47.0 Å². The molecule has 1 saturated heterocycles. The fourth-order valence-electron chi connectivity index (χ4n) is 10.2. The predicted molar refractivity (Wildman–Crippen MR) is 221 cm³/mol. The van der Waals surface area contributed by atoms with Crippen molar-refractivity contribution in [3.8, 4) is 11.5 Å². The number of esters is 4. The number of fused-ring (bicyclic) bond motifs is 5. The van der Waals surface area contributed by atoms with Gasteiger partial charge in [-0.25, -0.2) is 9.59 Å². The van der Waals surface area contributed by atoms with E-state index in [-0.39, 0.29) is 47.0 Å². The van der Waals surface area contributed by atoms with Gasteiger partial charge in [0.15, 0.2) is 29.4 Å². The molecule has 3 fully saturated rings. The van der Waals surface area contributed by atoms with E-state index in [1.54, 1.807) is 17.5 Å². The van der Waals surface area contributed by atoms with Gasteiger partial charge in [0, 0.05) is 37.0 Å². The van der Waals surface area contributed by atoms with E-state index in [1.807, 2.05) is 0 Å². The number of aliphatic hydroxyl groups is 3. The number of amides is 1. The summed E-state index contributed by atoms with van der Waals surface area (Å²) in [5.74, 6) is -7.20. The largest absolute Gasteiger partial charge is 0.497 e. The molecule has 2 bridgehead atoms. The summed E-state index contributed by atoms with van der Waals surface area (Å²) in [5.41, 5.74) is -8.24. The number of thiophene rings is 1. The van der Waals surface area contributed by atoms with E-state index >= 15 is 4.79 Å². The second-order valence-corrected chi connectivity index (χ2v) is 18.2. The number of methoxy groups -OCH3 is 2. The number of ketones is 1. The summed E-state index contributed by atoms with van der Waals surface area (Å²) in [4.78, 5) is 84.2. The highest BCUT2D eigenvalue weighted by Crippen LogP contribution is 2.64. The molecular weight excluding hydrogens is 859 g/mol. The number of ether oxygens (including phenoxy) is 7. The Morgan fingerprint density at radius 3 is 2.28 bits per heavy atom.